The summed E-state index contributed by atoms with van der Waals surface area (Å²) < 4.78 is 10.6. The molecule has 2 heterocycles. The first-order chi connectivity index (χ1) is 9.19. The first-order valence-corrected chi connectivity index (χ1v) is 6.31. The summed E-state index contributed by atoms with van der Waals surface area (Å²) in [6, 6.07) is 5.53. The topological polar surface area (TPSA) is 68.0 Å². The van der Waals surface area contributed by atoms with E-state index in [1.54, 1.807) is 16.8 Å². The summed E-state index contributed by atoms with van der Waals surface area (Å²) in [4.78, 5) is 15.7. The van der Waals surface area contributed by atoms with Crippen molar-refractivity contribution >= 4 is 11.7 Å². The average Bonchev–Trinajstić information content (AvgIpc) is 2.88. The lowest BCUT2D eigenvalue weighted by molar-refractivity contribution is 0.174. The van der Waals surface area contributed by atoms with E-state index in [0.717, 1.165) is 11.4 Å². The zero-order chi connectivity index (χ0) is 13.4. The number of rotatable bonds is 2. The number of carbonyl (C=O) groups excluding carboxylic acids is 1. The molecule has 19 heavy (non-hydrogen) atoms. The Morgan fingerprint density at radius 2 is 2.11 bits per heavy atom. The van der Waals surface area contributed by atoms with E-state index in [4.69, 9.17) is 15.2 Å². The van der Waals surface area contributed by atoms with Gasteiger partial charge in [-0.1, -0.05) is 0 Å². The zero-order valence-electron chi connectivity index (χ0n) is 10.8. The van der Waals surface area contributed by atoms with Crippen molar-refractivity contribution in [2.75, 3.05) is 38.4 Å². The number of nitrogens with two attached hydrogens (primary N) is 1. The number of amides is 2. The largest absolute Gasteiger partial charge is 0.454 e. The fourth-order valence-electron chi connectivity index (χ4n) is 2.48. The Labute approximate surface area is 111 Å². The van der Waals surface area contributed by atoms with Crippen molar-refractivity contribution in [3.63, 3.8) is 0 Å². The Kier molecular flexibility index (Phi) is 2.94. The van der Waals surface area contributed by atoms with Crippen LogP contribution in [0.15, 0.2) is 18.2 Å². The van der Waals surface area contributed by atoms with Crippen LogP contribution in [0.3, 0.4) is 0 Å². The molecule has 6 heteroatoms. The third-order valence-corrected chi connectivity index (χ3v) is 3.53. The van der Waals surface area contributed by atoms with Gasteiger partial charge in [-0.2, -0.15) is 0 Å². The molecule has 1 saturated heterocycles. The molecule has 1 unspecified atom stereocenters. The molecular weight excluding hydrogens is 246 g/mol. The van der Waals surface area contributed by atoms with Crippen molar-refractivity contribution < 1.29 is 14.3 Å². The Morgan fingerprint density at radius 1 is 1.32 bits per heavy atom. The summed E-state index contributed by atoms with van der Waals surface area (Å²) in [5, 5.41) is 0. The summed E-state index contributed by atoms with van der Waals surface area (Å²) in [5.74, 6) is 1.69. The maximum Gasteiger partial charge on any atom is 0.324 e. The first kappa shape index (κ1) is 12.1. The number of hydrogen-bond donors (Lipinski definition) is 1. The minimum atomic E-state index is -0.0106. The van der Waals surface area contributed by atoms with Gasteiger partial charge >= 0.3 is 6.03 Å². The number of urea groups is 1. The van der Waals surface area contributed by atoms with E-state index in [1.807, 2.05) is 18.2 Å². The van der Waals surface area contributed by atoms with Gasteiger partial charge in [0.15, 0.2) is 11.5 Å². The fraction of sp³-hybridized carbons (Fsp3) is 0.462. The van der Waals surface area contributed by atoms with Crippen LogP contribution in [0.5, 0.6) is 11.5 Å². The molecule has 0 radical (unpaired) electrons. The summed E-state index contributed by atoms with van der Waals surface area (Å²) in [7, 11) is 1.80. The molecule has 2 amide bonds. The Bertz CT molecular complexity index is 506. The van der Waals surface area contributed by atoms with Crippen LogP contribution >= 0.6 is 0 Å². The molecule has 1 atom stereocenters. The second-order valence-electron chi connectivity index (χ2n) is 4.91. The molecule has 1 aromatic rings. The molecule has 0 aromatic heterocycles. The van der Waals surface area contributed by atoms with Gasteiger partial charge in [0.25, 0.3) is 0 Å². The molecule has 1 aromatic carbocycles. The van der Waals surface area contributed by atoms with Crippen molar-refractivity contribution in [1.82, 2.24) is 4.90 Å². The molecule has 2 aliphatic heterocycles. The number of ether oxygens (including phenoxy) is 2. The van der Waals surface area contributed by atoms with Crippen molar-refractivity contribution in [2.45, 2.75) is 0 Å². The Balaban J connectivity index is 1.89. The predicted molar refractivity (Wildman–Crippen MR) is 70.5 cm³/mol. The van der Waals surface area contributed by atoms with Crippen LogP contribution in [-0.2, 0) is 0 Å². The van der Waals surface area contributed by atoms with Gasteiger partial charge in [-0.05, 0) is 18.7 Å². The van der Waals surface area contributed by atoms with Gasteiger partial charge in [0.2, 0.25) is 6.79 Å². The molecule has 0 saturated carbocycles. The third-order valence-electron chi connectivity index (χ3n) is 3.53. The Morgan fingerprint density at radius 3 is 2.89 bits per heavy atom. The van der Waals surface area contributed by atoms with Crippen LogP contribution in [0.2, 0.25) is 0 Å². The third kappa shape index (κ3) is 2.08. The molecule has 0 aliphatic carbocycles. The van der Waals surface area contributed by atoms with E-state index in [0.29, 0.717) is 25.4 Å². The summed E-state index contributed by atoms with van der Waals surface area (Å²) in [5.41, 5.74) is 6.55. The molecule has 2 aliphatic rings. The summed E-state index contributed by atoms with van der Waals surface area (Å²) in [6.45, 7) is 2.15. The first-order valence-electron chi connectivity index (χ1n) is 6.31. The number of nitrogens with zero attached hydrogens (tertiary/aromatic N) is 2. The molecular formula is C13H17N3O3. The lowest BCUT2D eigenvalue weighted by Gasteiger charge is -2.38. The highest BCUT2D eigenvalue weighted by Gasteiger charge is 2.30. The minimum absolute atomic E-state index is 0.0106. The van der Waals surface area contributed by atoms with Gasteiger partial charge < -0.3 is 20.1 Å². The van der Waals surface area contributed by atoms with Gasteiger partial charge in [-0.15, -0.1) is 0 Å². The summed E-state index contributed by atoms with van der Waals surface area (Å²) >= 11 is 0. The van der Waals surface area contributed by atoms with Crippen LogP contribution < -0.4 is 20.1 Å². The molecule has 0 bridgehead atoms. The molecule has 0 spiro atoms. The second kappa shape index (κ2) is 4.62. The number of hydrogen-bond acceptors (Lipinski definition) is 4. The number of carbonyl (C=O) groups is 1. The lowest BCUT2D eigenvalue weighted by Crippen LogP contribution is -2.53. The van der Waals surface area contributed by atoms with Gasteiger partial charge in [-0.25, -0.2) is 4.79 Å². The lowest BCUT2D eigenvalue weighted by atomic mass is 10.1. The van der Waals surface area contributed by atoms with Crippen LogP contribution in [0.25, 0.3) is 0 Å². The van der Waals surface area contributed by atoms with Gasteiger partial charge in [0, 0.05) is 37.8 Å². The molecule has 2 N–H and O–H groups in total. The van der Waals surface area contributed by atoms with Crippen LogP contribution in [0.1, 0.15) is 0 Å². The fourth-order valence-corrected chi connectivity index (χ4v) is 2.48. The maximum atomic E-state index is 12.2. The van der Waals surface area contributed by atoms with E-state index in [-0.39, 0.29) is 18.7 Å². The van der Waals surface area contributed by atoms with Crippen molar-refractivity contribution in [1.29, 1.82) is 0 Å². The highest BCUT2D eigenvalue weighted by Crippen LogP contribution is 2.36. The van der Waals surface area contributed by atoms with E-state index in [1.165, 1.54) is 0 Å². The highest BCUT2D eigenvalue weighted by atomic mass is 16.7. The van der Waals surface area contributed by atoms with E-state index < -0.39 is 0 Å². The van der Waals surface area contributed by atoms with E-state index in [2.05, 4.69) is 0 Å². The maximum absolute atomic E-state index is 12.2. The van der Waals surface area contributed by atoms with Gasteiger partial charge in [-0.3, -0.25) is 4.90 Å². The van der Waals surface area contributed by atoms with Crippen LogP contribution in [-0.4, -0.2) is 44.4 Å². The quantitative estimate of drug-likeness (QED) is 0.859. The molecule has 6 nitrogen and oxygen atoms in total. The SMILES string of the molecule is CN1CC(CN)CN(c2ccc3c(c2)OCO3)C1=O. The highest BCUT2D eigenvalue weighted by molar-refractivity contribution is 5.93. The van der Waals surface area contributed by atoms with Gasteiger partial charge in [0.1, 0.15) is 0 Å². The number of fused-ring (bicyclic) bond motifs is 1. The van der Waals surface area contributed by atoms with Crippen LogP contribution in [0.4, 0.5) is 10.5 Å². The minimum Gasteiger partial charge on any atom is -0.454 e. The monoisotopic (exact) mass is 263 g/mol. The van der Waals surface area contributed by atoms with Crippen LogP contribution in [0, 0.1) is 5.92 Å². The van der Waals surface area contributed by atoms with E-state index >= 15 is 0 Å². The zero-order valence-corrected chi connectivity index (χ0v) is 10.8. The number of anilines is 1. The molecule has 102 valence electrons. The molecule has 1 fully saturated rings. The number of benzene rings is 1. The standard InChI is InChI=1S/C13H17N3O3/c1-15-6-9(5-14)7-16(13(15)17)10-2-3-11-12(4-10)19-8-18-11/h2-4,9H,5-8,14H2,1H3. The Hall–Kier alpha value is -1.95. The second-order valence-corrected chi connectivity index (χ2v) is 4.91. The average molecular weight is 263 g/mol. The predicted octanol–water partition coefficient (Wildman–Crippen LogP) is 0.862. The molecule has 3 rings (SSSR count). The summed E-state index contributed by atoms with van der Waals surface area (Å²) in [6.07, 6.45) is 0. The van der Waals surface area contributed by atoms with E-state index in [9.17, 15) is 4.79 Å². The smallest absolute Gasteiger partial charge is 0.324 e. The normalized spacial score (nSPS) is 22.0. The van der Waals surface area contributed by atoms with Crippen molar-refractivity contribution in [2.24, 2.45) is 11.7 Å². The van der Waals surface area contributed by atoms with Crippen molar-refractivity contribution in [3.8, 4) is 11.5 Å². The van der Waals surface area contributed by atoms with Gasteiger partial charge in [0.05, 0.1) is 0 Å². The van der Waals surface area contributed by atoms with Crippen molar-refractivity contribution in [3.05, 3.63) is 18.2 Å².